The highest BCUT2D eigenvalue weighted by atomic mass is 16.2. The average Bonchev–Trinajstić information content (AvgIpc) is 2.97. The summed E-state index contributed by atoms with van der Waals surface area (Å²) in [6.07, 6.45) is 0.862. The molecular formula is C13H13NO2. The molecule has 0 aromatic heterocycles. The highest BCUT2D eigenvalue weighted by molar-refractivity contribution is 6.14. The highest BCUT2D eigenvalue weighted by Crippen LogP contribution is 2.57. The molecule has 1 fully saturated rings. The van der Waals surface area contributed by atoms with Crippen LogP contribution in [0.1, 0.15) is 29.3 Å². The molecule has 1 aliphatic carbocycles. The van der Waals surface area contributed by atoms with Crippen molar-refractivity contribution in [1.29, 1.82) is 0 Å². The summed E-state index contributed by atoms with van der Waals surface area (Å²) in [5.41, 5.74) is 1.21. The van der Waals surface area contributed by atoms with Gasteiger partial charge in [-0.05, 0) is 24.0 Å². The normalized spacial score (nSPS) is 31.9. The number of rotatable bonds is 0. The number of fused-ring (bicyclic) bond motifs is 2. The first-order valence-corrected chi connectivity index (χ1v) is 5.51. The van der Waals surface area contributed by atoms with Gasteiger partial charge in [0, 0.05) is 12.6 Å². The third-order valence-electron chi connectivity index (χ3n) is 3.94. The monoisotopic (exact) mass is 215 g/mol. The zero-order valence-corrected chi connectivity index (χ0v) is 9.36. The van der Waals surface area contributed by atoms with Crippen molar-refractivity contribution >= 4 is 11.8 Å². The van der Waals surface area contributed by atoms with Crippen molar-refractivity contribution in [2.24, 2.45) is 5.92 Å². The quantitative estimate of drug-likeness (QED) is 0.616. The van der Waals surface area contributed by atoms with Crippen LogP contribution in [0, 0.1) is 5.92 Å². The van der Waals surface area contributed by atoms with Gasteiger partial charge < -0.3 is 0 Å². The van der Waals surface area contributed by atoms with Crippen molar-refractivity contribution in [2.45, 2.75) is 18.8 Å². The maximum atomic E-state index is 12.2. The Bertz CT molecular complexity index is 508. The standard InChI is InChI=1S/C13H13NO2/c1-8-7-13(8)10-6-4-3-5-9(10)11(15)14(2)12(13)16/h3-6,8H,7H2,1-2H3. The third kappa shape index (κ3) is 0.889. The van der Waals surface area contributed by atoms with E-state index >= 15 is 0 Å². The van der Waals surface area contributed by atoms with E-state index in [9.17, 15) is 9.59 Å². The summed E-state index contributed by atoms with van der Waals surface area (Å²) in [6, 6.07) is 7.48. The first-order valence-electron chi connectivity index (χ1n) is 5.51. The fourth-order valence-corrected chi connectivity index (χ4v) is 2.84. The zero-order valence-electron chi connectivity index (χ0n) is 9.36. The van der Waals surface area contributed by atoms with Crippen LogP contribution >= 0.6 is 0 Å². The number of benzene rings is 1. The fourth-order valence-electron chi connectivity index (χ4n) is 2.84. The van der Waals surface area contributed by atoms with E-state index in [-0.39, 0.29) is 11.8 Å². The SMILES string of the molecule is CC1CC12C(=O)N(C)C(=O)c1ccccc12. The Morgan fingerprint density at radius 1 is 1.31 bits per heavy atom. The number of nitrogens with zero attached hydrogens (tertiary/aromatic N) is 1. The second kappa shape index (κ2) is 2.73. The summed E-state index contributed by atoms with van der Waals surface area (Å²) in [7, 11) is 1.58. The largest absolute Gasteiger partial charge is 0.281 e. The maximum Gasteiger partial charge on any atom is 0.260 e. The van der Waals surface area contributed by atoms with E-state index in [2.05, 4.69) is 6.92 Å². The lowest BCUT2D eigenvalue weighted by atomic mass is 9.84. The Morgan fingerprint density at radius 3 is 2.56 bits per heavy atom. The lowest BCUT2D eigenvalue weighted by Gasteiger charge is -2.30. The lowest BCUT2D eigenvalue weighted by Crippen LogP contribution is -2.46. The number of carbonyl (C=O) groups is 2. The minimum Gasteiger partial charge on any atom is -0.281 e. The molecule has 3 rings (SSSR count). The highest BCUT2D eigenvalue weighted by Gasteiger charge is 2.63. The summed E-state index contributed by atoms with van der Waals surface area (Å²) >= 11 is 0. The molecule has 3 heteroatoms. The second-order valence-corrected chi connectivity index (χ2v) is 4.79. The number of likely N-dealkylation sites (N-methyl/N-ethyl adjacent to an activating group) is 1. The number of carbonyl (C=O) groups excluding carboxylic acids is 2. The molecule has 1 heterocycles. The fraction of sp³-hybridized carbons (Fsp3) is 0.385. The minimum atomic E-state index is -0.404. The van der Waals surface area contributed by atoms with E-state index in [0.29, 0.717) is 11.5 Å². The van der Waals surface area contributed by atoms with Crippen LogP contribution in [0.4, 0.5) is 0 Å². The summed E-state index contributed by atoms with van der Waals surface area (Å²) in [5.74, 6) is 0.130. The van der Waals surface area contributed by atoms with Crippen molar-refractivity contribution in [3.63, 3.8) is 0 Å². The van der Waals surface area contributed by atoms with Crippen LogP contribution in [-0.4, -0.2) is 23.8 Å². The molecule has 0 bridgehead atoms. The molecule has 16 heavy (non-hydrogen) atoms. The Kier molecular flexibility index (Phi) is 1.63. The van der Waals surface area contributed by atoms with Gasteiger partial charge in [-0.1, -0.05) is 25.1 Å². The molecule has 2 atom stereocenters. The van der Waals surface area contributed by atoms with Crippen LogP contribution in [-0.2, 0) is 10.2 Å². The minimum absolute atomic E-state index is 0.0382. The lowest BCUT2D eigenvalue weighted by molar-refractivity contribution is -0.131. The summed E-state index contributed by atoms with van der Waals surface area (Å²) < 4.78 is 0. The third-order valence-corrected chi connectivity index (χ3v) is 3.94. The van der Waals surface area contributed by atoms with Gasteiger partial charge in [-0.15, -0.1) is 0 Å². The number of hydrogen-bond donors (Lipinski definition) is 0. The summed E-state index contributed by atoms with van der Waals surface area (Å²) in [6.45, 7) is 2.07. The maximum absolute atomic E-state index is 12.2. The molecule has 2 amide bonds. The number of amides is 2. The molecular weight excluding hydrogens is 202 g/mol. The van der Waals surface area contributed by atoms with Gasteiger partial charge >= 0.3 is 0 Å². The van der Waals surface area contributed by atoms with Gasteiger partial charge in [-0.3, -0.25) is 14.5 Å². The average molecular weight is 215 g/mol. The van der Waals surface area contributed by atoms with Crippen LogP contribution in [0.15, 0.2) is 24.3 Å². The van der Waals surface area contributed by atoms with Gasteiger partial charge in [0.05, 0.1) is 5.41 Å². The molecule has 0 radical (unpaired) electrons. The van der Waals surface area contributed by atoms with Crippen molar-refractivity contribution in [1.82, 2.24) is 4.90 Å². The predicted octanol–water partition coefficient (Wildman–Crippen LogP) is 1.58. The van der Waals surface area contributed by atoms with Gasteiger partial charge in [-0.25, -0.2) is 0 Å². The van der Waals surface area contributed by atoms with E-state index in [0.717, 1.165) is 12.0 Å². The molecule has 2 aliphatic rings. The molecule has 1 aromatic carbocycles. The van der Waals surface area contributed by atoms with Crippen molar-refractivity contribution in [3.8, 4) is 0 Å². The van der Waals surface area contributed by atoms with Crippen molar-refractivity contribution in [2.75, 3.05) is 7.05 Å². The first kappa shape index (κ1) is 9.58. The summed E-state index contributed by atoms with van der Waals surface area (Å²) in [5, 5.41) is 0. The molecule has 0 N–H and O–H groups in total. The molecule has 0 saturated heterocycles. The van der Waals surface area contributed by atoms with E-state index in [1.165, 1.54) is 4.90 Å². The van der Waals surface area contributed by atoms with Crippen LogP contribution in [0.3, 0.4) is 0 Å². The molecule has 3 nitrogen and oxygen atoms in total. The van der Waals surface area contributed by atoms with Crippen molar-refractivity contribution in [3.05, 3.63) is 35.4 Å². The molecule has 1 saturated carbocycles. The van der Waals surface area contributed by atoms with Crippen molar-refractivity contribution < 1.29 is 9.59 Å². The van der Waals surface area contributed by atoms with Crippen LogP contribution in [0.25, 0.3) is 0 Å². The molecule has 2 unspecified atom stereocenters. The first-order chi connectivity index (χ1) is 7.59. The summed E-state index contributed by atoms with van der Waals surface area (Å²) in [4.78, 5) is 25.4. The van der Waals surface area contributed by atoms with E-state index in [1.54, 1.807) is 7.05 Å². The Hall–Kier alpha value is -1.64. The van der Waals surface area contributed by atoms with Gasteiger partial charge in [0.25, 0.3) is 5.91 Å². The van der Waals surface area contributed by atoms with Gasteiger partial charge in [0.15, 0.2) is 0 Å². The zero-order chi connectivity index (χ0) is 11.5. The number of hydrogen-bond acceptors (Lipinski definition) is 2. The molecule has 82 valence electrons. The van der Waals surface area contributed by atoms with E-state index < -0.39 is 5.41 Å². The topological polar surface area (TPSA) is 37.4 Å². The Morgan fingerprint density at radius 2 is 1.94 bits per heavy atom. The smallest absolute Gasteiger partial charge is 0.260 e. The Labute approximate surface area is 94.1 Å². The molecule has 1 aromatic rings. The van der Waals surface area contributed by atoms with Crippen LogP contribution in [0.2, 0.25) is 0 Å². The van der Waals surface area contributed by atoms with Gasteiger partial charge in [0.1, 0.15) is 0 Å². The van der Waals surface area contributed by atoms with Crippen LogP contribution in [0.5, 0.6) is 0 Å². The Balaban J connectivity index is 2.27. The molecule has 1 aliphatic heterocycles. The van der Waals surface area contributed by atoms with Gasteiger partial charge in [-0.2, -0.15) is 0 Å². The predicted molar refractivity (Wildman–Crippen MR) is 59.0 cm³/mol. The van der Waals surface area contributed by atoms with Gasteiger partial charge in [0.2, 0.25) is 5.91 Å². The number of imide groups is 1. The second-order valence-electron chi connectivity index (χ2n) is 4.79. The van der Waals surface area contributed by atoms with E-state index in [4.69, 9.17) is 0 Å². The van der Waals surface area contributed by atoms with Crippen LogP contribution < -0.4 is 0 Å². The van der Waals surface area contributed by atoms with E-state index in [1.807, 2.05) is 24.3 Å². The molecule has 1 spiro atoms.